The quantitative estimate of drug-likeness (QED) is 0.748. The van der Waals surface area contributed by atoms with Crippen LogP contribution in [0.25, 0.3) is 0 Å². The molecule has 1 aliphatic heterocycles. The summed E-state index contributed by atoms with van der Waals surface area (Å²) in [5, 5.41) is 0. The number of ether oxygens (including phenoxy) is 1. The van der Waals surface area contributed by atoms with E-state index in [9.17, 15) is 17.6 Å². The summed E-state index contributed by atoms with van der Waals surface area (Å²) in [6, 6.07) is 11.8. The fourth-order valence-electron chi connectivity index (χ4n) is 2.48. The molecule has 1 aliphatic rings. The molecule has 8 heteroatoms. The Kier molecular flexibility index (Phi) is 5.53. The number of carbonyl (C=O) groups excluding carboxylic acids is 1. The average molecular weight is 378 g/mol. The van der Waals surface area contributed by atoms with Crippen LogP contribution in [0.3, 0.4) is 0 Å². The predicted molar refractivity (Wildman–Crippen MR) is 94.0 cm³/mol. The number of likely N-dealkylation sites (tertiary alicyclic amines) is 1. The van der Waals surface area contributed by atoms with Gasteiger partial charge in [0.15, 0.2) is 11.6 Å². The molecule has 1 saturated heterocycles. The normalized spacial score (nSPS) is 14.0. The van der Waals surface area contributed by atoms with Gasteiger partial charge in [0.25, 0.3) is 5.91 Å². The molecule has 2 aromatic rings. The number of rotatable bonds is 7. The van der Waals surface area contributed by atoms with E-state index >= 15 is 0 Å². The Morgan fingerprint density at radius 3 is 2.62 bits per heavy atom. The molecule has 1 amide bonds. The number of sulfonamides is 1. The zero-order chi connectivity index (χ0) is 18.6. The van der Waals surface area contributed by atoms with E-state index in [0.29, 0.717) is 18.7 Å². The van der Waals surface area contributed by atoms with E-state index in [2.05, 4.69) is 4.72 Å². The Morgan fingerprint density at radius 2 is 1.92 bits per heavy atom. The molecule has 2 aromatic carbocycles. The second-order valence-electron chi connectivity index (χ2n) is 5.85. The number of para-hydroxylation sites is 1. The molecule has 0 aliphatic carbocycles. The topological polar surface area (TPSA) is 75.7 Å². The Hall–Kier alpha value is -2.45. The minimum atomic E-state index is -3.79. The van der Waals surface area contributed by atoms with E-state index in [1.165, 1.54) is 30.3 Å². The third-order valence-corrected chi connectivity index (χ3v) is 5.48. The molecule has 0 radical (unpaired) electrons. The van der Waals surface area contributed by atoms with Crippen molar-refractivity contribution in [2.75, 3.05) is 26.2 Å². The molecular formula is C18H19FN2O4S. The maximum atomic E-state index is 13.4. The molecule has 26 heavy (non-hydrogen) atoms. The monoisotopic (exact) mass is 378 g/mol. The van der Waals surface area contributed by atoms with Crippen LogP contribution in [0.4, 0.5) is 4.39 Å². The second-order valence-corrected chi connectivity index (χ2v) is 7.62. The van der Waals surface area contributed by atoms with Crippen LogP contribution in [0.1, 0.15) is 16.8 Å². The van der Waals surface area contributed by atoms with Crippen LogP contribution in [-0.2, 0) is 10.0 Å². The standard InChI is InChI=1S/C18H19FN2O4S/c19-16-7-1-2-8-17(16)25-12-9-20-26(23,24)15-6-3-5-14(13-15)18(22)21-10-4-11-21/h1-3,5-8,13,20H,4,9-12H2. The summed E-state index contributed by atoms with van der Waals surface area (Å²) in [7, 11) is -3.79. The van der Waals surface area contributed by atoms with Gasteiger partial charge in [-0.2, -0.15) is 0 Å². The van der Waals surface area contributed by atoms with E-state index in [0.717, 1.165) is 6.42 Å². The molecule has 0 saturated carbocycles. The van der Waals surface area contributed by atoms with Crippen LogP contribution in [0.5, 0.6) is 5.75 Å². The highest BCUT2D eigenvalue weighted by Crippen LogP contribution is 2.17. The first kappa shape index (κ1) is 18.3. The van der Waals surface area contributed by atoms with Crippen LogP contribution in [0.15, 0.2) is 53.4 Å². The number of nitrogens with one attached hydrogen (secondary N) is 1. The van der Waals surface area contributed by atoms with Gasteiger partial charge < -0.3 is 9.64 Å². The Balaban J connectivity index is 1.59. The lowest BCUT2D eigenvalue weighted by Gasteiger charge is -2.31. The minimum Gasteiger partial charge on any atom is -0.489 e. The lowest BCUT2D eigenvalue weighted by Crippen LogP contribution is -2.42. The fourth-order valence-corrected chi connectivity index (χ4v) is 3.54. The lowest BCUT2D eigenvalue weighted by atomic mass is 10.1. The van der Waals surface area contributed by atoms with Gasteiger partial charge in [-0.15, -0.1) is 0 Å². The van der Waals surface area contributed by atoms with Crippen LogP contribution < -0.4 is 9.46 Å². The Morgan fingerprint density at radius 1 is 1.15 bits per heavy atom. The Bertz CT molecular complexity index is 898. The molecule has 0 aromatic heterocycles. The van der Waals surface area contributed by atoms with Crippen LogP contribution in [-0.4, -0.2) is 45.5 Å². The third kappa shape index (κ3) is 4.20. The maximum Gasteiger partial charge on any atom is 0.253 e. The first-order chi connectivity index (χ1) is 12.5. The average Bonchev–Trinajstić information content (AvgIpc) is 2.59. The van der Waals surface area contributed by atoms with Gasteiger partial charge in [0.2, 0.25) is 10.0 Å². The highest BCUT2D eigenvalue weighted by molar-refractivity contribution is 7.89. The van der Waals surface area contributed by atoms with Crippen molar-refractivity contribution in [2.24, 2.45) is 0 Å². The SMILES string of the molecule is O=C(c1cccc(S(=O)(=O)NCCOc2ccccc2F)c1)N1CCC1. The zero-order valence-corrected chi connectivity index (χ0v) is 14.8. The summed E-state index contributed by atoms with van der Waals surface area (Å²) >= 11 is 0. The van der Waals surface area contributed by atoms with E-state index in [1.807, 2.05) is 0 Å². The molecule has 6 nitrogen and oxygen atoms in total. The highest BCUT2D eigenvalue weighted by Gasteiger charge is 2.23. The number of halogens is 1. The van der Waals surface area contributed by atoms with Crippen molar-refractivity contribution in [3.63, 3.8) is 0 Å². The van der Waals surface area contributed by atoms with Gasteiger partial charge in [0.05, 0.1) is 4.90 Å². The van der Waals surface area contributed by atoms with Crippen LogP contribution in [0, 0.1) is 5.82 Å². The van der Waals surface area contributed by atoms with Crippen molar-refractivity contribution >= 4 is 15.9 Å². The second kappa shape index (κ2) is 7.84. The summed E-state index contributed by atoms with van der Waals surface area (Å²) in [5.74, 6) is -0.613. The first-order valence-electron chi connectivity index (χ1n) is 8.24. The summed E-state index contributed by atoms with van der Waals surface area (Å²) in [5.41, 5.74) is 0.343. The van der Waals surface area contributed by atoms with Gasteiger partial charge in [0.1, 0.15) is 6.61 Å². The van der Waals surface area contributed by atoms with Gasteiger partial charge in [-0.1, -0.05) is 18.2 Å². The van der Waals surface area contributed by atoms with Crippen molar-refractivity contribution < 1.29 is 22.3 Å². The van der Waals surface area contributed by atoms with Crippen molar-refractivity contribution in [1.29, 1.82) is 0 Å². The summed E-state index contributed by atoms with van der Waals surface area (Å²) in [4.78, 5) is 13.9. The predicted octanol–water partition coefficient (Wildman–Crippen LogP) is 2.03. The number of carbonyl (C=O) groups is 1. The minimum absolute atomic E-state index is 0.00904. The lowest BCUT2D eigenvalue weighted by molar-refractivity contribution is 0.0651. The van der Waals surface area contributed by atoms with Gasteiger partial charge in [-0.25, -0.2) is 17.5 Å². The van der Waals surface area contributed by atoms with Crippen molar-refractivity contribution in [3.05, 3.63) is 59.9 Å². The first-order valence-corrected chi connectivity index (χ1v) is 9.72. The van der Waals surface area contributed by atoms with Crippen molar-refractivity contribution in [1.82, 2.24) is 9.62 Å². The van der Waals surface area contributed by atoms with Crippen LogP contribution in [0.2, 0.25) is 0 Å². The summed E-state index contributed by atoms with van der Waals surface area (Å²) < 4.78 is 45.8. The third-order valence-electron chi connectivity index (χ3n) is 4.02. The molecule has 3 rings (SSSR count). The van der Waals surface area contributed by atoms with Crippen molar-refractivity contribution in [2.45, 2.75) is 11.3 Å². The number of hydrogen-bond donors (Lipinski definition) is 1. The highest BCUT2D eigenvalue weighted by atomic mass is 32.2. The summed E-state index contributed by atoms with van der Waals surface area (Å²) in [6.07, 6.45) is 0.966. The van der Waals surface area contributed by atoms with Crippen molar-refractivity contribution in [3.8, 4) is 5.75 Å². The molecule has 1 heterocycles. The molecule has 0 spiro atoms. The number of amides is 1. The van der Waals surface area contributed by atoms with E-state index in [4.69, 9.17) is 4.74 Å². The molecule has 0 unspecified atom stereocenters. The molecule has 138 valence electrons. The van der Waals surface area contributed by atoms with E-state index in [1.54, 1.807) is 23.1 Å². The van der Waals surface area contributed by atoms with E-state index in [-0.39, 0.29) is 29.7 Å². The van der Waals surface area contributed by atoms with Gasteiger partial charge in [-0.05, 0) is 36.8 Å². The Labute approximate surface area is 151 Å². The smallest absolute Gasteiger partial charge is 0.253 e. The van der Waals surface area contributed by atoms with E-state index < -0.39 is 15.8 Å². The number of benzene rings is 2. The zero-order valence-electron chi connectivity index (χ0n) is 14.0. The fraction of sp³-hybridized carbons (Fsp3) is 0.278. The number of nitrogens with zero attached hydrogens (tertiary/aromatic N) is 1. The van der Waals surface area contributed by atoms with Gasteiger partial charge in [0, 0.05) is 25.2 Å². The molecular weight excluding hydrogens is 359 g/mol. The van der Waals surface area contributed by atoms with Crippen LogP contribution >= 0.6 is 0 Å². The summed E-state index contributed by atoms with van der Waals surface area (Å²) in [6.45, 7) is 1.34. The maximum absolute atomic E-state index is 13.4. The molecule has 0 bridgehead atoms. The number of hydrogen-bond acceptors (Lipinski definition) is 4. The van der Waals surface area contributed by atoms with Gasteiger partial charge in [-0.3, -0.25) is 4.79 Å². The largest absolute Gasteiger partial charge is 0.489 e. The molecule has 1 N–H and O–H groups in total. The molecule has 0 atom stereocenters. The molecule has 1 fully saturated rings. The van der Waals surface area contributed by atoms with Gasteiger partial charge >= 0.3 is 0 Å².